The molecular weight excluding hydrogens is 92.1 g/mol. The van der Waals surface area contributed by atoms with Crippen LogP contribution in [0.1, 0.15) is 6.92 Å². The van der Waals surface area contributed by atoms with Gasteiger partial charge in [0.25, 0.3) is 0 Å². The van der Waals surface area contributed by atoms with Gasteiger partial charge < -0.3 is 5.32 Å². The SMILES string of the molecule is CCNC(=O)C#N. The summed E-state index contributed by atoms with van der Waals surface area (Å²) in [6.45, 7) is 2.28. The van der Waals surface area contributed by atoms with E-state index in [2.05, 4.69) is 5.32 Å². The fraction of sp³-hybridized carbons (Fsp3) is 0.500. The Balaban J connectivity index is 3.24. The normalized spacial score (nSPS) is 6.86. The van der Waals surface area contributed by atoms with E-state index in [1.165, 1.54) is 6.07 Å². The van der Waals surface area contributed by atoms with Crippen molar-refractivity contribution in [2.45, 2.75) is 6.92 Å². The fourth-order valence-electron chi connectivity index (χ4n) is 0.200. The van der Waals surface area contributed by atoms with Crippen LogP contribution in [0.25, 0.3) is 0 Å². The summed E-state index contributed by atoms with van der Waals surface area (Å²) in [4.78, 5) is 9.94. The minimum Gasteiger partial charge on any atom is -0.344 e. The highest BCUT2D eigenvalue weighted by Gasteiger charge is 1.88. The zero-order valence-corrected chi connectivity index (χ0v) is 4.06. The largest absolute Gasteiger partial charge is 0.344 e. The summed E-state index contributed by atoms with van der Waals surface area (Å²) in [5, 5.41) is 10.1. The van der Waals surface area contributed by atoms with Crippen molar-refractivity contribution in [3.05, 3.63) is 0 Å². The molecular formula is C4H6N2O. The first-order valence-electron chi connectivity index (χ1n) is 1.99. The Labute approximate surface area is 41.9 Å². The van der Waals surface area contributed by atoms with E-state index in [1.807, 2.05) is 0 Å². The van der Waals surface area contributed by atoms with E-state index in [0.717, 1.165) is 0 Å². The first kappa shape index (κ1) is 5.96. The van der Waals surface area contributed by atoms with Gasteiger partial charge in [-0.1, -0.05) is 0 Å². The second kappa shape index (κ2) is 3.16. The van der Waals surface area contributed by atoms with Crippen LogP contribution in [0.3, 0.4) is 0 Å². The number of rotatable bonds is 1. The van der Waals surface area contributed by atoms with Crippen molar-refractivity contribution in [1.82, 2.24) is 5.32 Å². The second-order valence-electron chi connectivity index (χ2n) is 0.971. The highest BCUT2D eigenvalue weighted by Crippen LogP contribution is 1.55. The molecule has 0 heterocycles. The second-order valence-corrected chi connectivity index (χ2v) is 0.971. The molecule has 0 aliphatic rings. The van der Waals surface area contributed by atoms with Crippen molar-refractivity contribution in [1.29, 1.82) is 5.26 Å². The van der Waals surface area contributed by atoms with Crippen LogP contribution < -0.4 is 5.32 Å². The summed E-state index contributed by atoms with van der Waals surface area (Å²) in [7, 11) is 0. The number of carbonyl (C=O) groups excluding carboxylic acids is 1. The summed E-state index contributed by atoms with van der Waals surface area (Å²) in [6, 6.07) is 1.42. The zero-order chi connectivity index (χ0) is 5.70. The molecule has 38 valence electrons. The number of nitrogens with one attached hydrogen (secondary N) is 1. The van der Waals surface area contributed by atoms with Crippen LogP contribution >= 0.6 is 0 Å². The average Bonchev–Trinajstić information content (AvgIpc) is 1.68. The molecule has 1 N–H and O–H groups in total. The Morgan fingerprint density at radius 3 is 2.71 bits per heavy atom. The Hall–Kier alpha value is -1.04. The van der Waals surface area contributed by atoms with Gasteiger partial charge in [0.2, 0.25) is 0 Å². The first-order valence-corrected chi connectivity index (χ1v) is 1.99. The van der Waals surface area contributed by atoms with Crippen LogP contribution in [-0.4, -0.2) is 12.5 Å². The monoisotopic (exact) mass is 98.0 g/mol. The quantitative estimate of drug-likeness (QED) is 0.455. The summed E-state index contributed by atoms with van der Waals surface area (Å²) >= 11 is 0. The topological polar surface area (TPSA) is 52.9 Å². The van der Waals surface area contributed by atoms with E-state index in [-0.39, 0.29) is 0 Å². The molecule has 7 heavy (non-hydrogen) atoms. The lowest BCUT2D eigenvalue weighted by atomic mass is 10.6. The minimum atomic E-state index is -0.567. The smallest absolute Gasteiger partial charge is 0.322 e. The van der Waals surface area contributed by atoms with Crippen LogP contribution in [0.15, 0.2) is 0 Å². The van der Waals surface area contributed by atoms with Crippen molar-refractivity contribution in [3.63, 3.8) is 0 Å². The standard InChI is InChI=1S/C4H6N2O/c1-2-6-4(7)3-5/h2H2,1H3,(H,6,7). The molecule has 0 aromatic heterocycles. The maximum absolute atomic E-state index is 9.94. The lowest BCUT2D eigenvalue weighted by molar-refractivity contribution is -0.115. The van der Waals surface area contributed by atoms with Crippen LogP contribution in [0, 0.1) is 11.3 Å². The van der Waals surface area contributed by atoms with E-state index >= 15 is 0 Å². The maximum Gasteiger partial charge on any atom is 0.322 e. The number of nitrogens with zero attached hydrogens (tertiary/aromatic N) is 1. The van der Waals surface area contributed by atoms with Gasteiger partial charge in [0.15, 0.2) is 6.07 Å². The molecule has 0 aromatic rings. The van der Waals surface area contributed by atoms with Crippen molar-refractivity contribution in [3.8, 4) is 6.07 Å². The Bertz CT molecular complexity index is 103. The van der Waals surface area contributed by atoms with Gasteiger partial charge in [0.05, 0.1) is 0 Å². The number of carbonyl (C=O) groups is 1. The van der Waals surface area contributed by atoms with E-state index in [4.69, 9.17) is 5.26 Å². The number of hydrogen-bond acceptors (Lipinski definition) is 2. The molecule has 0 fully saturated rings. The summed E-state index contributed by atoms with van der Waals surface area (Å²) in [6.07, 6.45) is 0. The van der Waals surface area contributed by atoms with E-state index < -0.39 is 5.91 Å². The van der Waals surface area contributed by atoms with Crippen LogP contribution in [0.2, 0.25) is 0 Å². The minimum absolute atomic E-state index is 0.520. The molecule has 0 spiro atoms. The number of hydrogen-bond donors (Lipinski definition) is 1. The number of nitriles is 1. The van der Waals surface area contributed by atoms with E-state index in [0.29, 0.717) is 6.54 Å². The summed E-state index contributed by atoms with van der Waals surface area (Å²) in [5.41, 5.74) is 0. The van der Waals surface area contributed by atoms with Gasteiger partial charge in [-0.25, -0.2) is 0 Å². The van der Waals surface area contributed by atoms with Crippen LogP contribution in [0.5, 0.6) is 0 Å². The Morgan fingerprint density at radius 1 is 2.00 bits per heavy atom. The van der Waals surface area contributed by atoms with Gasteiger partial charge in [-0.2, -0.15) is 5.26 Å². The predicted molar refractivity (Wildman–Crippen MR) is 24.3 cm³/mol. The summed E-state index contributed by atoms with van der Waals surface area (Å²) in [5.74, 6) is -0.567. The molecule has 0 radical (unpaired) electrons. The Kier molecular flexibility index (Phi) is 2.69. The van der Waals surface area contributed by atoms with Crippen molar-refractivity contribution in [2.75, 3.05) is 6.54 Å². The van der Waals surface area contributed by atoms with Gasteiger partial charge in [-0.3, -0.25) is 4.79 Å². The van der Waals surface area contributed by atoms with Crippen LogP contribution in [0.4, 0.5) is 0 Å². The molecule has 0 saturated heterocycles. The predicted octanol–water partition coefficient (Wildman–Crippen LogP) is -0.354. The molecule has 0 aliphatic carbocycles. The molecule has 0 atom stereocenters. The maximum atomic E-state index is 9.94. The molecule has 0 aromatic carbocycles. The third-order valence-corrected chi connectivity index (χ3v) is 0.439. The molecule has 1 amide bonds. The van der Waals surface area contributed by atoms with Gasteiger partial charge in [-0.05, 0) is 6.92 Å². The lowest BCUT2D eigenvalue weighted by Crippen LogP contribution is -2.19. The zero-order valence-electron chi connectivity index (χ0n) is 4.06. The molecule has 0 bridgehead atoms. The Morgan fingerprint density at radius 2 is 2.57 bits per heavy atom. The van der Waals surface area contributed by atoms with Crippen molar-refractivity contribution >= 4 is 5.91 Å². The number of amides is 1. The highest BCUT2D eigenvalue weighted by atomic mass is 16.1. The van der Waals surface area contributed by atoms with Gasteiger partial charge in [-0.15, -0.1) is 0 Å². The summed E-state index contributed by atoms with van der Waals surface area (Å²) < 4.78 is 0. The average molecular weight is 98.1 g/mol. The van der Waals surface area contributed by atoms with Crippen LogP contribution in [-0.2, 0) is 4.79 Å². The molecule has 0 rings (SSSR count). The lowest BCUT2D eigenvalue weighted by Gasteiger charge is -1.86. The molecule has 0 saturated carbocycles. The van der Waals surface area contributed by atoms with Crippen molar-refractivity contribution < 1.29 is 4.79 Å². The molecule has 0 aliphatic heterocycles. The fourth-order valence-corrected chi connectivity index (χ4v) is 0.200. The molecule has 3 nitrogen and oxygen atoms in total. The van der Waals surface area contributed by atoms with Crippen molar-refractivity contribution in [2.24, 2.45) is 0 Å². The van der Waals surface area contributed by atoms with Gasteiger partial charge in [0.1, 0.15) is 0 Å². The highest BCUT2D eigenvalue weighted by molar-refractivity contribution is 5.90. The molecule has 0 unspecified atom stereocenters. The van der Waals surface area contributed by atoms with E-state index in [1.54, 1.807) is 6.92 Å². The van der Waals surface area contributed by atoms with Gasteiger partial charge >= 0.3 is 5.91 Å². The third-order valence-electron chi connectivity index (χ3n) is 0.439. The molecule has 3 heteroatoms. The first-order chi connectivity index (χ1) is 3.31. The van der Waals surface area contributed by atoms with Gasteiger partial charge in [0, 0.05) is 6.54 Å². The van der Waals surface area contributed by atoms with E-state index in [9.17, 15) is 4.79 Å². The third kappa shape index (κ3) is 2.77.